The molecule has 1 aromatic carbocycles. The molecule has 2 rings (SSSR count). The molecule has 1 aromatic heterocycles. The SMILES string of the molecule is C=C.C=C/C(F)=C\C=C(/C)CC.CC.CC/C=C\OCc1cc(CN)cc(-c2ccc(PC)cn2)c1. The highest BCUT2D eigenvalue weighted by Crippen LogP contribution is 2.21. The fourth-order valence-corrected chi connectivity index (χ4v) is 2.98. The van der Waals surface area contributed by atoms with Crippen molar-refractivity contribution in [1.82, 2.24) is 4.98 Å². The molecule has 0 saturated carbocycles. The van der Waals surface area contributed by atoms with Crippen LogP contribution in [0, 0.1) is 0 Å². The first-order valence-electron chi connectivity index (χ1n) is 12.4. The second-order valence-electron chi connectivity index (χ2n) is 7.14. The van der Waals surface area contributed by atoms with E-state index in [1.165, 1.54) is 17.5 Å². The molecule has 2 aromatic rings. The summed E-state index contributed by atoms with van der Waals surface area (Å²) in [5.74, 6) is -0.284. The largest absolute Gasteiger partial charge is 0.497 e. The lowest BCUT2D eigenvalue weighted by Gasteiger charge is -2.09. The van der Waals surface area contributed by atoms with E-state index in [9.17, 15) is 4.39 Å². The molecule has 3 nitrogen and oxygen atoms in total. The Bertz CT molecular complexity index is 934. The predicted molar refractivity (Wildman–Crippen MR) is 162 cm³/mol. The van der Waals surface area contributed by atoms with E-state index in [0.29, 0.717) is 13.2 Å². The molecule has 198 valence electrons. The summed E-state index contributed by atoms with van der Waals surface area (Å²) in [6.45, 7) is 22.6. The quantitative estimate of drug-likeness (QED) is 0.150. The Morgan fingerprint density at radius 1 is 1.11 bits per heavy atom. The van der Waals surface area contributed by atoms with Crippen molar-refractivity contribution in [1.29, 1.82) is 0 Å². The lowest BCUT2D eigenvalue weighted by molar-refractivity contribution is 0.235. The normalized spacial score (nSPS) is 11.1. The zero-order chi connectivity index (χ0) is 27.8. The number of hydrogen-bond acceptors (Lipinski definition) is 3. The first-order chi connectivity index (χ1) is 17.5. The predicted octanol–water partition coefficient (Wildman–Crippen LogP) is 8.79. The van der Waals surface area contributed by atoms with E-state index < -0.39 is 0 Å². The molecular formula is C31H46FN2OP. The van der Waals surface area contributed by atoms with Crippen molar-refractivity contribution in [3.8, 4) is 11.3 Å². The zero-order valence-electron chi connectivity index (χ0n) is 23.1. The maximum atomic E-state index is 12.3. The summed E-state index contributed by atoms with van der Waals surface area (Å²) >= 11 is 0. The minimum absolute atomic E-state index is 0.284. The topological polar surface area (TPSA) is 48.1 Å². The molecule has 5 heteroatoms. The van der Waals surface area contributed by atoms with Crippen LogP contribution in [-0.2, 0) is 17.9 Å². The summed E-state index contributed by atoms with van der Waals surface area (Å²) in [6.07, 6.45) is 12.0. The van der Waals surface area contributed by atoms with Gasteiger partial charge in [-0.3, -0.25) is 4.98 Å². The smallest absolute Gasteiger partial charge is 0.122 e. The molecule has 2 N–H and O–H groups in total. The van der Waals surface area contributed by atoms with Gasteiger partial charge >= 0.3 is 0 Å². The second kappa shape index (κ2) is 23.9. The number of rotatable bonds is 10. The Balaban J connectivity index is 0. The van der Waals surface area contributed by atoms with Gasteiger partial charge in [0.1, 0.15) is 12.4 Å². The summed E-state index contributed by atoms with van der Waals surface area (Å²) < 4.78 is 17.9. The van der Waals surface area contributed by atoms with Crippen molar-refractivity contribution >= 4 is 13.9 Å². The number of benzene rings is 1. The van der Waals surface area contributed by atoms with Crippen LogP contribution >= 0.6 is 8.58 Å². The Kier molecular flexibility index (Phi) is 23.5. The van der Waals surface area contributed by atoms with Gasteiger partial charge in [-0.15, -0.1) is 13.2 Å². The molecule has 1 heterocycles. The van der Waals surface area contributed by atoms with E-state index in [1.807, 2.05) is 40.0 Å². The number of hydrogen-bond donors (Lipinski definition) is 1. The highest BCUT2D eigenvalue weighted by molar-refractivity contribution is 7.46. The van der Waals surface area contributed by atoms with Crippen molar-refractivity contribution in [3.63, 3.8) is 0 Å². The minimum Gasteiger partial charge on any atom is -0.497 e. The average molecular weight is 513 g/mol. The van der Waals surface area contributed by atoms with Crippen LogP contribution < -0.4 is 11.0 Å². The van der Waals surface area contributed by atoms with Gasteiger partial charge in [0.2, 0.25) is 0 Å². The summed E-state index contributed by atoms with van der Waals surface area (Å²) in [7, 11) is 0.769. The third-order valence-corrected chi connectivity index (χ3v) is 5.47. The minimum atomic E-state index is -0.284. The van der Waals surface area contributed by atoms with E-state index in [4.69, 9.17) is 10.5 Å². The lowest BCUT2D eigenvalue weighted by Crippen LogP contribution is -2.00. The van der Waals surface area contributed by atoms with Crippen molar-refractivity contribution in [2.45, 2.75) is 60.6 Å². The maximum Gasteiger partial charge on any atom is 0.122 e. The fourth-order valence-electron chi connectivity index (χ4n) is 2.54. The van der Waals surface area contributed by atoms with E-state index in [2.05, 4.69) is 68.6 Å². The third-order valence-electron chi connectivity index (χ3n) is 4.59. The molecule has 0 aliphatic heterocycles. The number of ether oxygens (including phenoxy) is 1. The van der Waals surface area contributed by atoms with Crippen molar-refractivity contribution in [2.24, 2.45) is 5.73 Å². The Morgan fingerprint density at radius 3 is 2.28 bits per heavy atom. The number of pyridine rings is 1. The Hall–Kier alpha value is -2.81. The molecule has 0 spiro atoms. The first-order valence-corrected chi connectivity index (χ1v) is 13.9. The summed E-state index contributed by atoms with van der Waals surface area (Å²) in [5.41, 5.74) is 11.3. The molecule has 1 atom stereocenters. The monoisotopic (exact) mass is 512 g/mol. The average Bonchev–Trinajstić information content (AvgIpc) is 2.96. The number of nitrogens with zero attached hydrogens (tertiary/aromatic N) is 1. The second-order valence-corrected chi connectivity index (χ2v) is 8.22. The lowest BCUT2D eigenvalue weighted by atomic mass is 10.0. The van der Waals surface area contributed by atoms with Gasteiger partial charge in [-0.05, 0) is 73.2 Å². The van der Waals surface area contributed by atoms with Crippen LogP contribution in [0.1, 0.15) is 58.6 Å². The molecule has 36 heavy (non-hydrogen) atoms. The molecule has 0 radical (unpaired) electrons. The molecular weight excluding hydrogens is 466 g/mol. The van der Waals surface area contributed by atoms with Gasteiger partial charge in [0.05, 0.1) is 12.0 Å². The van der Waals surface area contributed by atoms with E-state index in [1.54, 1.807) is 12.3 Å². The highest BCUT2D eigenvalue weighted by atomic mass is 31.1. The van der Waals surface area contributed by atoms with Crippen LogP contribution in [0.5, 0.6) is 0 Å². The van der Waals surface area contributed by atoms with Gasteiger partial charge in [-0.1, -0.05) is 72.7 Å². The van der Waals surface area contributed by atoms with Crippen LogP contribution in [0.3, 0.4) is 0 Å². The van der Waals surface area contributed by atoms with E-state index in [0.717, 1.165) is 49.4 Å². The molecule has 1 unspecified atom stereocenters. The number of halogens is 1. The van der Waals surface area contributed by atoms with Crippen LogP contribution in [-0.4, -0.2) is 11.6 Å². The molecule has 0 bridgehead atoms. The van der Waals surface area contributed by atoms with Crippen molar-refractivity contribution < 1.29 is 9.13 Å². The fraction of sp³-hybridized carbons (Fsp3) is 0.323. The van der Waals surface area contributed by atoms with Gasteiger partial charge in [0.25, 0.3) is 0 Å². The Labute approximate surface area is 221 Å². The maximum absolute atomic E-state index is 12.3. The molecule has 0 amide bonds. The van der Waals surface area contributed by atoms with Gasteiger partial charge in [0, 0.05) is 18.3 Å². The first kappa shape index (κ1) is 35.4. The summed E-state index contributed by atoms with van der Waals surface area (Å²) in [4.78, 5) is 4.56. The summed E-state index contributed by atoms with van der Waals surface area (Å²) in [6, 6.07) is 10.5. The van der Waals surface area contributed by atoms with Crippen LogP contribution in [0.25, 0.3) is 11.3 Å². The van der Waals surface area contributed by atoms with Crippen LogP contribution in [0.2, 0.25) is 0 Å². The van der Waals surface area contributed by atoms with Gasteiger partial charge < -0.3 is 10.5 Å². The van der Waals surface area contributed by atoms with Crippen LogP contribution in [0.4, 0.5) is 4.39 Å². The molecule has 0 fully saturated rings. The van der Waals surface area contributed by atoms with Crippen LogP contribution in [0.15, 0.2) is 98.2 Å². The van der Waals surface area contributed by atoms with Gasteiger partial charge in [-0.25, -0.2) is 4.39 Å². The third kappa shape index (κ3) is 16.0. The van der Waals surface area contributed by atoms with Gasteiger partial charge in [-0.2, -0.15) is 0 Å². The number of allylic oxidation sites excluding steroid dienone is 6. The highest BCUT2D eigenvalue weighted by Gasteiger charge is 2.05. The van der Waals surface area contributed by atoms with Gasteiger partial charge in [0.15, 0.2) is 0 Å². The number of nitrogens with two attached hydrogens (primary N) is 1. The summed E-state index contributed by atoms with van der Waals surface area (Å²) in [5, 5.41) is 1.27. The molecule has 0 aliphatic rings. The van der Waals surface area contributed by atoms with E-state index >= 15 is 0 Å². The Morgan fingerprint density at radius 2 is 1.78 bits per heavy atom. The van der Waals surface area contributed by atoms with E-state index in [-0.39, 0.29) is 5.83 Å². The molecule has 0 saturated heterocycles. The standard InChI is InChI=1S/C18H23N2OP.C9H13F.C2H6.C2H4/c1-3-4-7-21-13-15-8-14(11-19)9-16(10-15)18-6-5-17(22-2)12-20-18;1-4-8(3)6-7-9(10)5-2;2*1-2/h4-10,12,22H,3,11,13,19H2,1-2H3;5-7H,2,4H2,1,3H3;1-2H3;1-2H2/b7-4-;8-6+,9-7+;;. The van der Waals surface area contributed by atoms with Crippen molar-refractivity contribution in [3.05, 3.63) is 109 Å². The molecule has 0 aliphatic carbocycles. The number of aromatic nitrogens is 1. The van der Waals surface area contributed by atoms with Crippen molar-refractivity contribution in [2.75, 3.05) is 6.66 Å². The zero-order valence-corrected chi connectivity index (χ0v) is 24.1.